The van der Waals surface area contributed by atoms with Crippen LogP contribution >= 0.6 is 0 Å². The minimum absolute atomic E-state index is 0.0969. The van der Waals surface area contributed by atoms with Crippen LogP contribution < -0.4 is 5.32 Å². The molecule has 2 N–H and O–H groups in total. The second-order valence-electron chi connectivity index (χ2n) is 11.2. The second kappa shape index (κ2) is 9.19. The Balaban J connectivity index is 0.995. The van der Waals surface area contributed by atoms with E-state index in [-0.39, 0.29) is 23.7 Å². The molecule has 7 rings (SSSR count). The summed E-state index contributed by atoms with van der Waals surface area (Å²) in [4.78, 5) is 40.6. The Morgan fingerprint density at radius 2 is 1.87 bits per heavy atom. The zero-order valence-electron chi connectivity index (χ0n) is 21.1. The number of nitrogens with one attached hydrogen (secondary N) is 2. The first kappa shape index (κ1) is 23.3. The first-order valence-corrected chi connectivity index (χ1v) is 13.6. The van der Waals surface area contributed by atoms with Crippen molar-refractivity contribution in [3.63, 3.8) is 0 Å². The summed E-state index contributed by atoms with van der Waals surface area (Å²) in [6.07, 6.45) is 7.85. The normalized spacial score (nSPS) is 26.4. The number of likely N-dealkylation sites (tertiary alicyclic amines) is 1. The number of para-hydroxylation sites is 2. The van der Waals surface area contributed by atoms with E-state index in [1.165, 1.54) is 6.07 Å². The lowest BCUT2D eigenvalue weighted by Crippen LogP contribution is -2.46. The second-order valence-corrected chi connectivity index (χ2v) is 11.2. The fourth-order valence-electron chi connectivity index (χ4n) is 6.79. The van der Waals surface area contributed by atoms with Crippen LogP contribution in [0.5, 0.6) is 0 Å². The van der Waals surface area contributed by atoms with Gasteiger partial charge in [-0.25, -0.2) is 9.37 Å². The van der Waals surface area contributed by atoms with Gasteiger partial charge in [-0.3, -0.25) is 19.9 Å². The summed E-state index contributed by atoms with van der Waals surface area (Å²) in [5.74, 6) is 1.20. The molecule has 2 aromatic heterocycles. The highest BCUT2D eigenvalue weighted by Gasteiger charge is 2.56. The molecule has 7 nitrogen and oxygen atoms in total. The fraction of sp³-hybridized carbons (Fsp3) is 0.400. The van der Waals surface area contributed by atoms with Crippen molar-refractivity contribution in [3.05, 3.63) is 66.1 Å². The maximum Gasteiger partial charge on any atom is 0.249 e. The molecule has 3 atom stereocenters. The van der Waals surface area contributed by atoms with Gasteiger partial charge >= 0.3 is 0 Å². The molecule has 1 aliphatic heterocycles. The number of pyridine rings is 1. The molecular formula is C30H30FN5O2. The van der Waals surface area contributed by atoms with Crippen LogP contribution in [0.3, 0.4) is 0 Å². The number of halogens is 1. The Bertz CT molecular complexity index is 1510. The fourth-order valence-corrected chi connectivity index (χ4v) is 6.79. The first-order valence-electron chi connectivity index (χ1n) is 13.6. The van der Waals surface area contributed by atoms with Gasteiger partial charge in [0.1, 0.15) is 11.9 Å². The molecule has 3 heterocycles. The van der Waals surface area contributed by atoms with E-state index < -0.39 is 6.04 Å². The number of hydrogen-bond acceptors (Lipinski definition) is 4. The lowest BCUT2D eigenvalue weighted by Gasteiger charge is -2.32. The number of hydrogen-bond donors (Lipinski definition) is 2. The van der Waals surface area contributed by atoms with Gasteiger partial charge in [-0.05, 0) is 98.2 Å². The molecule has 194 valence electrons. The van der Waals surface area contributed by atoms with E-state index in [9.17, 15) is 14.0 Å². The first-order chi connectivity index (χ1) is 18.5. The van der Waals surface area contributed by atoms with Crippen molar-refractivity contribution in [2.45, 2.75) is 62.9 Å². The highest BCUT2D eigenvalue weighted by atomic mass is 19.1. The molecule has 38 heavy (non-hydrogen) atoms. The van der Waals surface area contributed by atoms with Crippen molar-refractivity contribution in [1.82, 2.24) is 19.9 Å². The highest BCUT2D eigenvalue weighted by Crippen LogP contribution is 2.49. The number of carbonyl (C=O) groups is 2. The quantitative estimate of drug-likeness (QED) is 0.368. The molecule has 2 aromatic carbocycles. The minimum atomic E-state index is -0.436. The van der Waals surface area contributed by atoms with E-state index in [0.717, 1.165) is 66.0 Å². The number of amides is 2. The van der Waals surface area contributed by atoms with Gasteiger partial charge in [-0.1, -0.05) is 12.1 Å². The van der Waals surface area contributed by atoms with Gasteiger partial charge in [0.15, 0.2) is 0 Å². The molecule has 0 bridgehead atoms. The molecule has 1 saturated heterocycles. The van der Waals surface area contributed by atoms with E-state index in [4.69, 9.17) is 0 Å². The molecule has 2 amide bonds. The number of piperidine rings is 1. The van der Waals surface area contributed by atoms with E-state index in [2.05, 4.69) is 20.3 Å². The predicted molar refractivity (Wildman–Crippen MR) is 143 cm³/mol. The third kappa shape index (κ3) is 4.22. The summed E-state index contributed by atoms with van der Waals surface area (Å²) >= 11 is 0. The number of anilines is 1. The van der Waals surface area contributed by atoms with Gasteiger partial charge in [0.2, 0.25) is 17.8 Å². The molecular weight excluding hydrogens is 481 g/mol. The Labute approximate surface area is 219 Å². The van der Waals surface area contributed by atoms with Gasteiger partial charge in [-0.2, -0.15) is 0 Å². The number of aromatic amines is 1. The molecule has 3 aliphatic rings. The lowest BCUT2D eigenvalue weighted by molar-refractivity contribution is -0.139. The Kier molecular flexibility index (Phi) is 5.64. The topological polar surface area (TPSA) is 91.0 Å². The van der Waals surface area contributed by atoms with Crippen molar-refractivity contribution >= 4 is 39.7 Å². The molecule has 2 saturated carbocycles. The SMILES string of the molecule is O=C(Nc1nc2ccccc2[nH]1)[C@@H]1C[C@H]2C[C@H]2N1C(=O)CC1CCC(c2ccnc3ccc(F)cc23)CC1. The van der Waals surface area contributed by atoms with E-state index in [0.29, 0.717) is 30.1 Å². The van der Waals surface area contributed by atoms with Crippen LogP contribution in [0.1, 0.15) is 56.4 Å². The standard InChI is InChI=1S/C30H30FN5O2/c31-20-9-10-23-22(16-20)21(11-12-32-23)18-7-5-17(6-8-18)13-28(37)36-26-14-19(26)15-27(36)29(38)35-30-33-24-3-1-2-4-25(24)34-30/h1-4,9-12,16-19,26-27H,5-8,13-15H2,(H2,33,34,35,38)/t17?,18?,19-,26-,27+/m1/s1. The van der Waals surface area contributed by atoms with Gasteiger partial charge in [-0.15, -0.1) is 0 Å². The molecule has 0 spiro atoms. The number of imidazole rings is 1. The Morgan fingerprint density at radius 1 is 1.03 bits per heavy atom. The number of rotatable bonds is 5. The zero-order valence-corrected chi connectivity index (χ0v) is 21.1. The molecule has 0 unspecified atom stereocenters. The molecule has 0 radical (unpaired) electrons. The number of nitrogens with zero attached hydrogens (tertiary/aromatic N) is 3. The van der Waals surface area contributed by atoms with Crippen molar-refractivity contribution in [3.8, 4) is 0 Å². The smallest absolute Gasteiger partial charge is 0.249 e. The summed E-state index contributed by atoms with van der Waals surface area (Å²) in [6.45, 7) is 0. The molecule has 8 heteroatoms. The summed E-state index contributed by atoms with van der Waals surface area (Å²) in [6, 6.07) is 14.2. The predicted octanol–water partition coefficient (Wildman–Crippen LogP) is 5.54. The van der Waals surface area contributed by atoms with E-state index >= 15 is 0 Å². The van der Waals surface area contributed by atoms with Crippen molar-refractivity contribution in [2.75, 3.05) is 5.32 Å². The number of benzene rings is 2. The monoisotopic (exact) mass is 511 g/mol. The van der Waals surface area contributed by atoms with Crippen LogP contribution in [-0.2, 0) is 9.59 Å². The number of aromatic nitrogens is 3. The third-order valence-electron chi connectivity index (χ3n) is 8.81. The number of fused-ring (bicyclic) bond motifs is 3. The Hall–Kier alpha value is -3.81. The maximum atomic E-state index is 13.9. The molecule has 3 fully saturated rings. The number of carbonyl (C=O) groups excluding carboxylic acids is 2. The summed E-state index contributed by atoms with van der Waals surface area (Å²) in [5, 5.41) is 3.81. The largest absolute Gasteiger partial charge is 0.327 e. The van der Waals surface area contributed by atoms with Gasteiger partial charge < -0.3 is 9.88 Å². The highest BCUT2D eigenvalue weighted by molar-refractivity contribution is 5.98. The van der Waals surface area contributed by atoms with Crippen LogP contribution in [-0.4, -0.2) is 43.7 Å². The third-order valence-corrected chi connectivity index (χ3v) is 8.81. The van der Waals surface area contributed by atoms with Crippen molar-refractivity contribution < 1.29 is 14.0 Å². The van der Waals surface area contributed by atoms with Gasteiger partial charge in [0.05, 0.1) is 16.6 Å². The zero-order chi connectivity index (χ0) is 25.8. The maximum absolute atomic E-state index is 13.9. The minimum Gasteiger partial charge on any atom is -0.327 e. The van der Waals surface area contributed by atoms with Crippen LogP contribution in [0.25, 0.3) is 21.9 Å². The Morgan fingerprint density at radius 3 is 2.71 bits per heavy atom. The van der Waals surface area contributed by atoms with Crippen LogP contribution in [0.2, 0.25) is 0 Å². The van der Waals surface area contributed by atoms with Crippen LogP contribution in [0, 0.1) is 17.7 Å². The van der Waals surface area contributed by atoms with Gasteiger partial charge in [0.25, 0.3) is 0 Å². The summed E-state index contributed by atoms with van der Waals surface area (Å²) < 4.78 is 13.9. The lowest BCUT2D eigenvalue weighted by atomic mass is 9.76. The molecule has 2 aliphatic carbocycles. The number of H-pyrrole nitrogens is 1. The van der Waals surface area contributed by atoms with E-state index in [1.54, 1.807) is 18.3 Å². The van der Waals surface area contributed by atoms with Crippen molar-refractivity contribution in [2.24, 2.45) is 11.8 Å². The summed E-state index contributed by atoms with van der Waals surface area (Å²) in [5.41, 5.74) is 3.64. The van der Waals surface area contributed by atoms with E-state index in [1.807, 2.05) is 35.2 Å². The van der Waals surface area contributed by atoms with Crippen molar-refractivity contribution in [1.29, 1.82) is 0 Å². The molecule has 4 aromatic rings. The van der Waals surface area contributed by atoms with Crippen LogP contribution in [0.4, 0.5) is 10.3 Å². The average molecular weight is 512 g/mol. The van der Waals surface area contributed by atoms with Gasteiger partial charge in [0, 0.05) is 24.0 Å². The average Bonchev–Trinajstić information content (AvgIpc) is 3.39. The summed E-state index contributed by atoms with van der Waals surface area (Å²) in [7, 11) is 0. The van der Waals surface area contributed by atoms with Crippen LogP contribution in [0.15, 0.2) is 54.7 Å².